The van der Waals surface area contributed by atoms with E-state index in [2.05, 4.69) is 31.2 Å². The molecule has 2 aromatic carbocycles. The molecule has 2 saturated carbocycles. The van der Waals surface area contributed by atoms with Crippen LogP contribution in [0.2, 0.25) is 0 Å². The fourth-order valence-electron chi connectivity index (χ4n) is 5.82. The fourth-order valence-corrected chi connectivity index (χ4v) is 5.82. The largest absolute Gasteiger partial charge is 0.494 e. The van der Waals surface area contributed by atoms with Crippen LogP contribution in [0, 0.1) is 23.6 Å². The van der Waals surface area contributed by atoms with Gasteiger partial charge in [0.05, 0.1) is 12.7 Å². The third kappa shape index (κ3) is 5.85. The van der Waals surface area contributed by atoms with E-state index >= 15 is 0 Å². The summed E-state index contributed by atoms with van der Waals surface area (Å²) in [7, 11) is 1.40. The maximum absolute atomic E-state index is 13.9. The second kappa shape index (κ2) is 11.0. The van der Waals surface area contributed by atoms with E-state index in [-0.39, 0.29) is 11.5 Å². The van der Waals surface area contributed by atoms with Gasteiger partial charge in [0.1, 0.15) is 5.75 Å². The molecule has 3 nitrogen and oxygen atoms in total. The average molecular weight is 451 g/mol. The van der Waals surface area contributed by atoms with Crippen LogP contribution in [0.4, 0.5) is 4.39 Å². The first-order valence-corrected chi connectivity index (χ1v) is 12.3. The number of ether oxygens (including phenoxy) is 2. The lowest BCUT2D eigenvalue weighted by atomic mass is 9.63. The molecule has 0 aromatic heterocycles. The molecule has 0 amide bonds. The van der Waals surface area contributed by atoms with Crippen molar-refractivity contribution in [1.82, 2.24) is 0 Å². The van der Waals surface area contributed by atoms with Crippen LogP contribution in [-0.2, 0) is 0 Å². The normalized spacial score (nSPS) is 24.9. The molecule has 4 unspecified atom stereocenters. The molecule has 2 aliphatic carbocycles. The molecule has 0 aliphatic heterocycles. The van der Waals surface area contributed by atoms with Crippen LogP contribution >= 0.6 is 0 Å². The standard InChI is InChI=1S/C29H35FO3/c1-3-4-5-6-20-7-8-25-18-24(14-13-23(25)17-20)21-9-11-22(12-10-21)29(31)33-26-15-16-28(32-2)27(30)19-26/h3-4,9-12,15-16,19-20,23-25H,5-8,13-14,17-18H2,1-2H3/b4-3+. The molecule has 0 saturated heterocycles. The van der Waals surface area contributed by atoms with Crippen LogP contribution in [0.1, 0.15) is 80.1 Å². The van der Waals surface area contributed by atoms with Gasteiger partial charge in [0, 0.05) is 6.07 Å². The van der Waals surface area contributed by atoms with Crippen LogP contribution in [0.5, 0.6) is 11.5 Å². The van der Waals surface area contributed by atoms with Crippen molar-refractivity contribution in [2.24, 2.45) is 17.8 Å². The van der Waals surface area contributed by atoms with Gasteiger partial charge in [0.25, 0.3) is 0 Å². The predicted molar refractivity (Wildman–Crippen MR) is 129 cm³/mol. The number of hydrogen-bond acceptors (Lipinski definition) is 3. The molecule has 4 rings (SSSR count). The molecule has 0 radical (unpaired) electrons. The molecule has 176 valence electrons. The fraction of sp³-hybridized carbons (Fsp3) is 0.483. The van der Waals surface area contributed by atoms with Crippen molar-refractivity contribution < 1.29 is 18.7 Å². The quantitative estimate of drug-likeness (QED) is 0.246. The van der Waals surface area contributed by atoms with E-state index in [1.807, 2.05) is 12.1 Å². The Morgan fingerprint density at radius 1 is 1.03 bits per heavy atom. The SMILES string of the molecule is C/C=C/CCC1CCC2CC(c3ccc(C(=O)Oc4ccc(OC)c(F)c4)cc3)CCC2C1. The highest BCUT2D eigenvalue weighted by molar-refractivity contribution is 5.91. The number of benzene rings is 2. The zero-order valence-corrected chi connectivity index (χ0v) is 19.8. The summed E-state index contributed by atoms with van der Waals surface area (Å²) in [5, 5.41) is 0. The van der Waals surface area contributed by atoms with E-state index in [1.54, 1.807) is 0 Å². The molecular formula is C29H35FO3. The second-order valence-corrected chi connectivity index (χ2v) is 9.66. The minimum Gasteiger partial charge on any atom is -0.494 e. The van der Waals surface area contributed by atoms with Gasteiger partial charge in [-0.15, -0.1) is 0 Å². The van der Waals surface area contributed by atoms with Gasteiger partial charge in [0.15, 0.2) is 11.6 Å². The van der Waals surface area contributed by atoms with Gasteiger partial charge >= 0.3 is 5.97 Å². The number of allylic oxidation sites excluding steroid dienone is 2. The Balaban J connectivity index is 1.31. The molecule has 0 N–H and O–H groups in total. The molecular weight excluding hydrogens is 415 g/mol. The Hall–Kier alpha value is -2.62. The van der Waals surface area contributed by atoms with Crippen LogP contribution in [-0.4, -0.2) is 13.1 Å². The Morgan fingerprint density at radius 3 is 2.52 bits per heavy atom. The zero-order valence-electron chi connectivity index (χ0n) is 19.8. The molecule has 4 atom stereocenters. The number of halogens is 1. The summed E-state index contributed by atoms with van der Waals surface area (Å²) in [5.74, 6) is 2.47. The van der Waals surface area contributed by atoms with Gasteiger partial charge in [0.2, 0.25) is 0 Å². The summed E-state index contributed by atoms with van der Waals surface area (Å²) in [4.78, 5) is 12.5. The summed E-state index contributed by atoms with van der Waals surface area (Å²) in [6.07, 6.45) is 15.0. The number of hydrogen-bond donors (Lipinski definition) is 0. The third-order valence-corrected chi connectivity index (χ3v) is 7.65. The molecule has 2 fully saturated rings. The topological polar surface area (TPSA) is 35.5 Å². The van der Waals surface area contributed by atoms with Crippen LogP contribution < -0.4 is 9.47 Å². The lowest BCUT2D eigenvalue weighted by Gasteiger charge is -2.42. The Kier molecular flexibility index (Phi) is 7.85. The van der Waals surface area contributed by atoms with Crippen molar-refractivity contribution in [3.8, 4) is 11.5 Å². The highest BCUT2D eigenvalue weighted by Gasteiger charge is 2.35. The minimum absolute atomic E-state index is 0.121. The van der Waals surface area contributed by atoms with Gasteiger partial charge in [-0.2, -0.15) is 0 Å². The first-order valence-electron chi connectivity index (χ1n) is 12.3. The van der Waals surface area contributed by atoms with Crippen molar-refractivity contribution in [2.45, 2.75) is 64.2 Å². The lowest BCUT2D eigenvalue weighted by molar-refractivity contribution is 0.0734. The van der Waals surface area contributed by atoms with Crippen LogP contribution in [0.25, 0.3) is 0 Å². The van der Waals surface area contributed by atoms with E-state index in [0.717, 1.165) is 17.8 Å². The molecule has 0 spiro atoms. The van der Waals surface area contributed by atoms with Gasteiger partial charge < -0.3 is 9.47 Å². The minimum atomic E-state index is -0.555. The Labute approximate surface area is 197 Å². The first kappa shape index (κ1) is 23.5. The highest BCUT2D eigenvalue weighted by atomic mass is 19.1. The summed E-state index contributed by atoms with van der Waals surface area (Å²) >= 11 is 0. The lowest BCUT2D eigenvalue weighted by Crippen LogP contribution is -2.30. The number of carbonyl (C=O) groups is 1. The van der Waals surface area contributed by atoms with Crippen molar-refractivity contribution in [3.63, 3.8) is 0 Å². The molecule has 2 aliphatic rings. The molecule has 0 heterocycles. The summed E-state index contributed by atoms with van der Waals surface area (Å²) < 4.78 is 24.1. The van der Waals surface area contributed by atoms with Crippen molar-refractivity contribution in [1.29, 1.82) is 0 Å². The zero-order chi connectivity index (χ0) is 23.2. The second-order valence-electron chi connectivity index (χ2n) is 9.66. The monoisotopic (exact) mass is 450 g/mol. The van der Waals surface area contributed by atoms with E-state index < -0.39 is 11.8 Å². The number of fused-ring (bicyclic) bond motifs is 1. The highest BCUT2D eigenvalue weighted by Crippen LogP contribution is 2.48. The molecule has 4 heteroatoms. The van der Waals surface area contributed by atoms with E-state index in [9.17, 15) is 9.18 Å². The number of carbonyl (C=O) groups excluding carboxylic acids is 1. The van der Waals surface area contributed by atoms with E-state index in [4.69, 9.17) is 9.47 Å². The van der Waals surface area contributed by atoms with Crippen LogP contribution in [0.3, 0.4) is 0 Å². The van der Waals surface area contributed by atoms with Gasteiger partial charge in [-0.1, -0.05) is 30.7 Å². The Bertz CT molecular complexity index is 965. The maximum atomic E-state index is 13.9. The summed E-state index contributed by atoms with van der Waals surface area (Å²) in [6.45, 7) is 2.11. The third-order valence-electron chi connectivity index (χ3n) is 7.65. The Morgan fingerprint density at radius 2 is 1.79 bits per heavy atom. The van der Waals surface area contributed by atoms with E-state index in [1.165, 1.54) is 82.2 Å². The van der Waals surface area contributed by atoms with Crippen molar-refractivity contribution in [3.05, 3.63) is 71.6 Å². The van der Waals surface area contributed by atoms with Crippen molar-refractivity contribution in [2.75, 3.05) is 7.11 Å². The molecule has 33 heavy (non-hydrogen) atoms. The van der Waals surface area contributed by atoms with Gasteiger partial charge in [-0.25, -0.2) is 9.18 Å². The predicted octanol–water partition coefficient (Wildman–Crippen LogP) is 7.71. The maximum Gasteiger partial charge on any atom is 0.343 e. The smallest absolute Gasteiger partial charge is 0.343 e. The van der Waals surface area contributed by atoms with Gasteiger partial charge in [-0.3, -0.25) is 0 Å². The summed E-state index contributed by atoms with van der Waals surface area (Å²) in [5.41, 5.74) is 1.79. The van der Waals surface area contributed by atoms with Gasteiger partial charge in [-0.05, 0) is 105 Å². The van der Waals surface area contributed by atoms with E-state index in [0.29, 0.717) is 11.5 Å². The first-order chi connectivity index (χ1) is 16.1. The summed E-state index contributed by atoms with van der Waals surface area (Å²) in [6, 6.07) is 12.0. The average Bonchev–Trinajstić information content (AvgIpc) is 2.84. The van der Waals surface area contributed by atoms with Crippen LogP contribution in [0.15, 0.2) is 54.6 Å². The molecule has 2 aromatic rings. The number of rotatable bonds is 7. The number of methoxy groups -OCH3 is 1. The molecule has 0 bridgehead atoms. The number of esters is 1. The van der Waals surface area contributed by atoms with Crippen molar-refractivity contribution >= 4 is 5.97 Å².